The van der Waals surface area contributed by atoms with Crippen molar-refractivity contribution in [3.63, 3.8) is 0 Å². The molecule has 24 heavy (non-hydrogen) atoms. The Labute approximate surface area is 149 Å². The van der Waals surface area contributed by atoms with Crippen LogP contribution >= 0.6 is 15.9 Å². The summed E-state index contributed by atoms with van der Waals surface area (Å²) >= 11 is 3.27. The first-order valence-electron chi connectivity index (χ1n) is 7.64. The van der Waals surface area contributed by atoms with Crippen LogP contribution in [0.15, 0.2) is 57.9 Å². The van der Waals surface area contributed by atoms with E-state index < -0.39 is 10.0 Å². The van der Waals surface area contributed by atoms with Gasteiger partial charge in [0.25, 0.3) is 10.0 Å². The summed E-state index contributed by atoms with van der Waals surface area (Å²) in [5, 5.41) is 0. The summed E-state index contributed by atoms with van der Waals surface area (Å²) in [4.78, 5) is 13.9. The highest BCUT2D eigenvalue weighted by Gasteiger charge is 2.20. The van der Waals surface area contributed by atoms with Crippen molar-refractivity contribution in [2.45, 2.75) is 24.2 Å². The van der Waals surface area contributed by atoms with Crippen LogP contribution in [0.2, 0.25) is 0 Å². The number of piperidine rings is 1. The second-order valence-corrected chi connectivity index (χ2v) is 8.21. The van der Waals surface area contributed by atoms with E-state index in [1.807, 2.05) is 6.07 Å². The number of halogens is 1. The largest absolute Gasteiger partial charge is 0.312 e. The van der Waals surface area contributed by atoms with Crippen LogP contribution in [0.5, 0.6) is 0 Å². The number of sulfonamides is 1. The molecule has 1 aliphatic rings. The van der Waals surface area contributed by atoms with E-state index in [4.69, 9.17) is 0 Å². The van der Waals surface area contributed by atoms with Crippen LogP contribution in [0.3, 0.4) is 0 Å². The Morgan fingerprint density at radius 2 is 1.83 bits per heavy atom. The van der Waals surface area contributed by atoms with Gasteiger partial charge in [0.1, 0.15) is 0 Å². The molecule has 1 saturated heterocycles. The number of nitrogens with one attached hydrogen (secondary N) is 1. The fourth-order valence-electron chi connectivity index (χ4n) is 2.66. The van der Waals surface area contributed by atoms with E-state index in [9.17, 15) is 13.2 Å². The first-order valence-corrected chi connectivity index (χ1v) is 9.92. The minimum atomic E-state index is -3.68. The normalized spacial score (nSPS) is 15.4. The molecule has 0 unspecified atom stereocenters. The van der Waals surface area contributed by atoms with Gasteiger partial charge in [-0.25, -0.2) is 8.42 Å². The summed E-state index contributed by atoms with van der Waals surface area (Å²) in [6.45, 7) is 0.667. The molecule has 1 heterocycles. The molecule has 0 radical (unpaired) electrons. The highest BCUT2D eigenvalue weighted by molar-refractivity contribution is 9.10. The molecule has 7 heteroatoms. The zero-order valence-electron chi connectivity index (χ0n) is 12.9. The minimum Gasteiger partial charge on any atom is -0.312 e. The van der Waals surface area contributed by atoms with Gasteiger partial charge in [0, 0.05) is 23.1 Å². The molecule has 1 aliphatic heterocycles. The third-order valence-corrected chi connectivity index (χ3v) is 5.71. The van der Waals surface area contributed by atoms with Crippen LogP contribution in [-0.4, -0.2) is 20.9 Å². The molecule has 3 rings (SSSR count). The maximum atomic E-state index is 12.5. The molecule has 1 N–H and O–H groups in total. The fraction of sp³-hybridized carbons (Fsp3) is 0.235. The highest BCUT2D eigenvalue weighted by Crippen LogP contribution is 2.26. The number of nitrogens with zero attached hydrogens (tertiary/aromatic N) is 1. The minimum absolute atomic E-state index is 0.0771. The van der Waals surface area contributed by atoms with Gasteiger partial charge in [0.05, 0.1) is 10.6 Å². The second kappa shape index (κ2) is 6.94. The standard InChI is InChI=1S/C17H17BrN2O3S/c18-13-5-3-8-16(11-13)24(22,23)19-14-6-4-7-15(12-14)20-10-2-1-9-17(20)21/h3-8,11-12,19H,1-2,9-10H2. The first kappa shape index (κ1) is 17.0. The lowest BCUT2D eigenvalue weighted by molar-refractivity contribution is -0.119. The van der Waals surface area contributed by atoms with E-state index in [2.05, 4.69) is 20.7 Å². The lowest BCUT2D eigenvalue weighted by atomic mass is 10.1. The molecular weight excluding hydrogens is 392 g/mol. The monoisotopic (exact) mass is 408 g/mol. The van der Waals surface area contributed by atoms with E-state index >= 15 is 0 Å². The smallest absolute Gasteiger partial charge is 0.261 e. The van der Waals surface area contributed by atoms with Crippen LogP contribution in [0.1, 0.15) is 19.3 Å². The van der Waals surface area contributed by atoms with Crippen molar-refractivity contribution >= 4 is 43.2 Å². The van der Waals surface area contributed by atoms with Crippen molar-refractivity contribution in [1.29, 1.82) is 0 Å². The summed E-state index contributed by atoms with van der Waals surface area (Å²) in [5.41, 5.74) is 1.15. The van der Waals surface area contributed by atoms with Gasteiger partial charge in [-0.1, -0.05) is 28.1 Å². The molecule has 0 spiro atoms. The van der Waals surface area contributed by atoms with Gasteiger partial charge >= 0.3 is 0 Å². The molecule has 126 valence electrons. The Hall–Kier alpha value is -1.86. The molecule has 1 fully saturated rings. The number of carbonyl (C=O) groups excluding carboxylic acids is 1. The Balaban J connectivity index is 1.85. The number of carbonyl (C=O) groups is 1. The molecule has 0 atom stereocenters. The number of anilines is 2. The molecule has 1 amide bonds. The zero-order chi connectivity index (χ0) is 17.2. The van der Waals surface area contributed by atoms with E-state index in [-0.39, 0.29) is 10.8 Å². The van der Waals surface area contributed by atoms with Gasteiger partial charge in [-0.3, -0.25) is 9.52 Å². The van der Waals surface area contributed by atoms with E-state index in [0.717, 1.165) is 12.8 Å². The van der Waals surface area contributed by atoms with Crippen LogP contribution in [-0.2, 0) is 14.8 Å². The molecule has 5 nitrogen and oxygen atoms in total. The SMILES string of the molecule is O=C1CCCCN1c1cccc(NS(=O)(=O)c2cccc(Br)c2)c1. The van der Waals surface area contributed by atoms with Gasteiger partial charge in [-0.05, 0) is 49.2 Å². The van der Waals surface area contributed by atoms with Crippen molar-refractivity contribution in [2.24, 2.45) is 0 Å². The molecule has 0 aliphatic carbocycles. The van der Waals surface area contributed by atoms with E-state index in [1.165, 1.54) is 6.07 Å². The Morgan fingerprint density at radius 1 is 1.04 bits per heavy atom. The summed E-state index contributed by atoms with van der Waals surface area (Å²) in [6.07, 6.45) is 2.40. The maximum Gasteiger partial charge on any atom is 0.261 e. The van der Waals surface area contributed by atoms with Crippen LogP contribution in [0.25, 0.3) is 0 Å². The molecular formula is C17H17BrN2O3S. The van der Waals surface area contributed by atoms with Gasteiger partial charge < -0.3 is 4.90 Å². The van der Waals surface area contributed by atoms with Crippen LogP contribution in [0.4, 0.5) is 11.4 Å². The summed E-state index contributed by atoms with van der Waals surface area (Å²) in [6, 6.07) is 13.4. The number of hydrogen-bond donors (Lipinski definition) is 1. The molecule has 0 saturated carbocycles. The molecule has 0 bridgehead atoms. The van der Waals surface area contributed by atoms with E-state index in [1.54, 1.807) is 41.3 Å². The Bertz CT molecular complexity index is 868. The number of hydrogen-bond acceptors (Lipinski definition) is 3. The van der Waals surface area contributed by atoms with E-state index in [0.29, 0.717) is 28.8 Å². The molecule has 0 aromatic heterocycles. The van der Waals surface area contributed by atoms with Crippen molar-refractivity contribution in [2.75, 3.05) is 16.2 Å². The quantitative estimate of drug-likeness (QED) is 0.836. The predicted molar refractivity (Wildman–Crippen MR) is 97.6 cm³/mol. The van der Waals surface area contributed by atoms with Gasteiger partial charge in [-0.2, -0.15) is 0 Å². The summed E-state index contributed by atoms with van der Waals surface area (Å²) < 4.78 is 28.2. The highest BCUT2D eigenvalue weighted by atomic mass is 79.9. The number of benzene rings is 2. The van der Waals surface area contributed by atoms with Gasteiger partial charge in [0.2, 0.25) is 5.91 Å². The predicted octanol–water partition coefficient (Wildman–Crippen LogP) is 3.77. The van der Waals surface area contributed by atoms with Crippen molar-refractivity contribution in [3.8, 4) is 0 Å². The lowest BCUT2D eigenvalue weighted by Crippen LogP contribution is -2.35. The third kappa shape index (κ3) is 3.79. The average Bonchev–Trinajstić information content (AvgIpc) is 2.55. The number of amides is 1. The third-order valence-electron chi connectivity index (χ3n) is 3.84. The van der Waals surface area contributed by atoms with Crippen molar-refractivity contribution < 1.29 is 13.2 Å². The molecule has 2 aromatic rings. The van der Waals surface area contributed by atoms with Gasteiger partial charge in [0.15, 0.2) is 0 Å². The average molecular weight is 409 g/mol. The van der Waals surface area contributed by atoms with Gasteiger partial charge in [-0.15, -0.1) is 0 Å². The second-order valence-electron chi connectivity index (χ2n) is 5.62. The maximum absolute atomic E-state index is 12.5. The Kier molecular flexibility index (Phi) is 4.91. The van der Waals surface area contributed by atoms with Crippen LogP contribution in [0, 0.1) is 0 Å². The first-order chi connectivity index (χ1) is 11.5. The van der Waals surface area contributed by atoms with Crippen molar-refractivity contribution in [3.05, 3.63) is 53.0 Å². The number of rotatable bonds is 4. The summed E-state index contributed by atoms with van der Waals surface area (Å²) in [5.74, 6) is 0.0771. The zero-order valence-corrected chi connectivity index (χ0v) is 15.3. The lowest BCUT2D eigenvalue weighted by Gasteiger charge is -2.27. The van der Waals surface area contributed by atoms with Crippen LogP contribution < -0.4 is 9.62 Å². The van der Waals surface area contributed by atoms with Crippen molar-refractivity contribution in [1.82, 2.24) is 0 Å². The summed E-state index contributed by atoms with van der Waals surface area (Å²) in [7, 11) is -3.68. The molecule has 2 aromatic carbocycles. The topological polar surface area (TPSA) is 66.5 Å². The fourth-order valence-corrected chi connectivity index (χ4v) is 4.31. The Morgan fingerprint density at radius 3 is 2.58 bits per heavy atom.